The van der Waals surface area contributed by atoms with Crippen LogP contribution < -0.4 is 21.1 Å². The molecule has 0 spiro atoms. The zero-order chi connectivity index (χ0) is 27.1. The molecule has 0 unspecified atom stereocenters. The summed E-state index contributed by atoms with van der Waals surface area (Å²) in [7, 11) is 1.18. The number of nitrogens with zero attached hydrogens (tertiary/aromatic N) is 1. The van der Waals surface area contributed by atoms with Crippen molar-refractivity contribution < 1.29 is 50.4 Å². The Balaban J connectivity index is 0.000000351. The number of benzene rings is 2. The van der Waals surface area contributed by atoms with Gasteiger partial charge in [0.05, 0.1) is 28.4 Å². The number of carbonyl (C=O) groups excluding carboxylic acids is 3. The number of rotatable bonds is 5. The highest BCUT2D eigenvalue weighted by atomic mass is 35.5. The minimum Gasteiger partial charge on any atom is -0.495 e. The molecule has 2 aromatic carbocycles. The van der Waals surface area contributed by atoms with Gasteiger partial charge in [-0.25, -0.2) is 0 Å². The van der Waals surface area contributed by atoms with Gasteiger partial charge in [-0.1, -0.05) is 11.6 Å². The summed E-state index contributed by atoms with van der Waals surface area (Å²) in [5, 5.41) is 13.1. The summed E-state index contributed by atoms with van der Waals surface area (Å²) >= 11 is 5.48. The van der Waals surface area contributed by atoms with Crippen molar-refractivity contribution in [2.24, 2.45) is 5.73 Å². The maximum absolute atomic E-state index is 12.1. The Labute approximate surface area is 196 Å². The molecule has 0 atom stereocenters. The van der Waals surface area contributed by atoms with E-state index in [1.54, 1.807) is 5.32 Å². The molecule has 2 rings (SSSR count). The van der Waals surface area contributed by atoms with Crippen LogP contribution >= 0.6 is 11.6 Å². The van der Waals surface area contributed by atoms with Crippen LogP contribution in [0.3, 0.4) is 0 Å². The molecular formula is C18H13ClF6N4O6. The first kappa shape index (κ1) is 29.0. The molecule has 35 heavy (non-hydrogen) atoms. The summed E-state index contributed by atoms with van der Waals surface area (Å²) in [6.45, 7) is 0. The number of methoxy groups -OCH3 is 1. The molecule has 190 valence electrons. The Bertz CT molecular complexity index is 1140. The number of nitrogens with two attached hydrogens (primary N) is 1. The summed E-state index contributed by atoms with van der Waals surface area (Å²) in [6.07, 6.45) is -10.1. The first-order chi connectivity index (χ1) is 16.0. The Kier molecular flexibility index (Phi) is 9.40. The van der Waals surface area contributed by atoms with Gasteiger partial charge in [0.15, 0.2) is 0 Å². The van der Waals surface area contributed by atoms with E-state index in [0.29, 0.717) is 0 Å². The molecule has 3 amide bonds. The third kappa shape index (κ3) is 8.65. The zero-order valence-electron chi connectivity index (χ0n) is 17.1. The quantitative estimate of drug-likeness (QED) is 0.301. The fraction of sp³-hybridized carbons (Fsp3) is 0.167. The molecule has 0 bridgehead atoms. The first-order valence-electron chi connectivity index (χ1n) is 8.65. The van der Waals surface area contributed by atoms with Crippen LogP contribution in [0.25, 0.3) is 0 Å². The third-order valence-corrected chi connectivity index (χ3v) is 3.97. The number of non-ortho nitro benzene ring substituents is 1. The highest BCUT2D eigenvalue weighted by Crippen LogP contribution is 2.29. The van der Waals surface area contributed by atoms with Gasteiger partial charge in [0.1, 0.15) is 5.75 Å². The van der Waals surface area contributed by atoms with Gasteiger partial charge in [-0.15, -0.1) is 0 Å². The number of anilines is 2. The van der Waals surface area contributed by atoms with Crippen molar-refractivity contribution in [3.63, 3.8) is 0 Å². The number of amides is 3. The highest BCUT2D eigenvalue weighted by Gasteiger charge is 2.39. The fourth-order valence-corrected chi connectivity index (χ4v) is 2.28. The van der Waals surface area contributed by atoms with Crippen molar-refractivity contribution in [3.05, 3.63) is 57.1 Å². The van der Waals surface area contributed by atoms with Crippen molar-refractivity contribution in [1.29, 1.82) is 0 Å². The number of primary amides is 1. The predicted octanol–water partition coefficient (Wildman–Crippen LogP) is 4.04. The number of nitrogens with one attached hydrogen (secondary N) is 2. The van der Waals surface area contributed by atoms with Crippen LogP contribution in [0.15, 0.2) is 36.4 Å². The lowest BCUT2D eigenvalue weighted by molar-refractivity contribution is -0.384. The van der Waals surface area contributed by atoms with E-state index in [-0.39, 0.29) is 33.4 Å². The average molecular weight is 531 g/mol. The molecule has 0 radical (unpaired) electrons. The number of ether oxygens (including phenoxy) is 1. The van der Waals surface area contributed by atoms with Crippen molar-refractivity contribution in [2.45, 2.75) is 12.4 Å². The topological polar surface area (TPSA) is 154 Å². The van der Waals surface area contributed by atoms with Crippen molar-refractivity contribution in [1.82, 2.24) is 0 Å². The van der Waals surface area contributed by atoms with Crippen molar-refractivity contribution >= 4 is 46.4 Å². The zero-order valence-corrected chi connectivity index (χ0v) is 17.8. The smallest absolute Gasteiger partial charge is 0.471 e. The Morgan fingerprint density at radius 2 is 1.43 bits per heavy atom. The largest absolute Gasteiger partial charge is 0.495 e. The SMILES string of the molecule is COc1cc(C(N)=O)ccc1NC(=O)C(F)(F)F.O=C(Nc1ccc([N+](=O)[O-])cc1Cl)C(F)(F)F. The normalized spacial score (nSPS) is 11.0. The highest BCUT2D eigenvalue weighted by molar-refractivity contribution is 6.34. The van der Waals surface area contributed by atoms with Crippen molar-refractivity contribution in [3.8, 4) is 5.75 Å². The second-order valence-corrected chi connectivity index (χ2v) is 6.51. The molecule has 0 fully saturated rings. The average Bonchev–Trinajstić information content (AvgIpc) is 2.74. The van der Waals surface area contributed by atoms with E-state index < -0.39 is 35.0 Å². The van der Waals surface area contributed by atoms with Gasteiger partial charge in [-0.3, -0.25) is 24.5 Å². The number of alkyl halides is 6. The van der Waals surface area contributed by atoms with Crippen LogP contribution in [0, 0.1) is 10.1 Å². The lowest BCUT2D eigenvalue weighted by Gasteiger charge is -2.12. The van der Waals surface area contributed by atoms with Crippen LogP contribution in [0.2, 0.25) is 5.02 Å². The number of hydrogen-bond donors (Lipinski definition) is 3. The molecule has 0 heterocycles. The van der Waals surface area contributed by atoms with Crippen LogP contribution in [0.5, 0.6) is 5.75 Å². The van der Waals surface area contributed by atoms with Crippen LogP contribution in [-0.4, -0.2) is 42.1 Å². The van der Waals surface area contributed by atoms with E-state index in [4.69, 9.17) is 22.1 Å². The standard InChI is InChI=1S/C10H9F3N2O3.C8H4ClF3N2O3/c1-18-7-4-5(8(14)16)2-3-6(7)15-9(17)10(11,12)13;9-5-3-4(14(16)17)1-2-6(5)13-7(15)8(10,11)12/h2-4H,1H3,(H2,14,16)(H,15,17);1-3H,(H,13,15). The second kappa shape index (κ2) is 11.4. The number of nitro groups is 1. The number of carbonyl (C=O) groups is 3. The summed E-state index contributed by atoms with van der Waals surface area (Å²) < 4.78 is 76.6. The van der Waals surface area contributed by atoms with Crippen LogP contribution in [0.4, 0.5) is 43.4 Å². The summed E-state index contributed by atoms with van der Waals surface area (Å²) in [5.74, 6) is -5.19. The lowest BCUT2D eigenvalue weighted by atomic mass is 10.2. The van der Waals surface area contributed by atoms with E-state index in [0.717, 1.165) is 30.3 Å². The molecule has 0 saturated carbocycles. The van der Waals surface area contributed by atoms with Gasteiger partial charge < -0.3 is 21.1 Å². The number of hydrogen-bond acceptors (Lipinski definition) is 6. The Hall–Kier alpha value is -4.08. The van der Waals surface area contributed by atoms with E-state index in [9.17, 15) is 50.8 Å². The van der Waals surface area contributed by atoms with E-state index >= 15 is 0 Å². The third-order valence-electron chi connectivity index (χ3n) is 3.66. The van der Waals surface area contributed by atoms with Crippen molar-refractivity contribution in [2.75, 3.05) is 17.7 Å². The van der Waals surface area contributed by atoms with Crippen LogP contribution in [-0.2, 0) is 9.59 Å². The van der Waals surface area contributed by atoms with Gasteiger partial charge in [0, 0.05) is 17.7 Å². The molecule has 0 aromatic heterocycles. The van der Waals surface area contributed by atoms with E-state index in [1.165, 1.54) is 18.5 Å². The minimum absolute atomic E-state index is 0.0526. The first-order valence-corrected chi connectivity index (χ1v) is 9.03. The Morgan fingerprint density at radius 1 is 0.943 bits per heavy atom. The molecule has 0 saturated heterocycles. The molecule has 4 N–H and O–H groups in total. The number of halogens is 7. The molecular weight excluding hydrogens is 518 g/mol. The predicted molar refractivity (Wildman–Crippen MR) is 109 cm³/mol. The maximum Gasteiger partial charge on any atom is 0.471 e. The van der Waals surface area contributed by atoms with E-state index in [1.807, 2.05) is 0 Å². The van der Waals surface area contributed by atoms with Gasteiger partial charge in [0.25, 0.3) is 5.69 Å². The fourth-order valence-electron chi connectivity index (χ4n) is 2.05. The number of nitro benzene ring substituents is 1. The molecule has 17 heteroatoms. The monoisotopic (exact) mass is 530 g/mol. The summed E-state index contributed by atoms with van der Waals surface area (Å²) in [4.78, 5) is 41.7. The summed E-state index contributed by atoms with van der Waals surface area (Å²) in [5.41, 5.74) is 4.11. The lowest BCUT2D eigenvalue weighted by Crippen LogP contribution is -2.30. The molecule has 0 aliphatic heterocycles. The van der Waals surface area contributed by atoms with Crippen LogP contribution in [0.1, 0.15) is 10.4 Å². The molecule has 0 aliphatic rings. The molecule has 2 aromatic rings. The van der Waals surface area contributed by atoms with Gasteiger partial charge in [0.2, 0.25) is 5.91 Å². The van der Waals surface area contributed by atoms with Gasteiger partial charge in [-0.2, -0.15) is 26.3 Å². The molecule has 10 nitrogen and oxygen atoms in total. The second-order valence-electron chi connectivity index (χ2n) is 6.10. The molecule has 0 aliphatic carbocycles. The minimum atomic E-state index is -5.05. The summed E-state index contributed by atoms with van der Waals surface area (Å²) in [6, 6.07) is 6.10. The Morgan fingerprint density at radius 3 is 1.83 bits per heavy atom. The van der Waals surface area contributed by atoms with E-state index in [2.05, 4.69) is 0 Å². The van der Waals surface area contributed by atoms with Gasteiger partial charge >= 0.3 is 24.2 Å². The maximum atomic E-state index is 12.1. The van der Waals surface area contributed by atoms with Gasteiger partial charge in [-0.05, 0) is 24.3 Å².